The molecule has 1 aliphatic rings. The van der Waals surface area contributed by atoms with Crippen molar-refractivity contribution in [1.29, 1.82) is 0 Å². The summed E-state index contributed by atoms with van der Waals surface area (Å²) in [4.78, 5) is 23.4. The van der Waals surface area contributed by atoms with Crippen LogP contribution in [0.4, 0.5) is 0 Å². The Morgan fingerprint density at radius 2 is 2.19 bits per heavy atom. The van der Waals surface area contributed by atoms with Gasteiger partial charge in [0.2, 0.25) is 5.55 Å². The molecular formula is C15H9N3O2S. The van der Waals surface area contributed by atoms with Gasteiger partial charge in [-0.3, -0.25) is 0 Å². The van der Waals surface area contributed by atoms with E-state index in [1.165, 1.54) is 11.3 Å². The predicted octanol–water partition coefficient (Wildman–Crippen LogP) is -0.525. The van der Waals surface area contributed by atoms with Crippen molar-refractivity contribution in [3.63, 3.8) is 0 Å². The molecule has 0 saturated carbocycles. The molecule has 0 atom stereocenters. The summed E-state index contributed by atoms with van der Waals surface area (Å²) in [5, 5.41) is 4.10. The summed E-state index contributed by atoms with van der Waals surface area (Å²) in [5.41, 5.74) is 2.98. The van der Waals surface area contributed by atoms with Gasteiger partial charge >= 0.3 is 5.63 Å². The Bertz CT molecular complexity index is 1070. The number of hydrogen-bond acceptors (Lipinski definition) is 5. The minimum Gasteiger partial charge on any atom is -0.402 e. The molecule has 0 radical (unpaired) electrons. The molecule has 1 aliphatic heterocycles. The third-order valence-corrected chi connectivity index (χ3v) is 3.71. The molecule has 0 bridgehead atoms. The molecule has 1 N–H and O–H groups in total. The first-order chi connectivity index (χ1) is 10.3. The summed E-state index contributed by atoms with van der Waals surface area (Å²) < 4.78 is 5.25. The average molecular weight is 295 g/mol. The van der Waals surface area contributed by atoms with Crippen molar-refractivity contribution in [3.8, 4) is 0 Å². The Kier molecular flexibility index (Phi) is 2.68. The van der Waals surface area contributed by atoms with Crippen LogP contribution in [0.2, 0.25) is 0 Å². The van der Waals surface area contributed by atoms with Gasteiger partial charge in [-0.05, 0) is 18.2 Å². The molecule has 0 saturated heterocycles. The van der Waals surface area contributed by atoms with E-state index in [4.69, 9.17) is 4.42 Å². The Balaban J connectivity index is 1.95. The van der Waals surface area contributed by atoms with Gasteiger partial charge in [-0.2, -0.15) is 0 Å². The molecule has 0 aliphatic carbocycles. The summed E-state index contributed by atoms with van der Waals surface area (Å²) >= 11 is 1.47. The molecule has 102 valence electrons. The average Bonchev–Trinajstić information content (AvgIpc) is 3.19. The highest BCUT2D eigenvalue weighted by Gasteiger charge is 2.05. The van der Waals surface area contributed by atoms with Gasteiger partial charge in [-0.1, -0.05) is 18.2 Å². The summed E-state index contributed by atoms with van der Waals surface area (Å²) in [6, 6.07) is 7.75. The van der Waals surface area contributed by atoms with Crippen LogP contribution in [-0.2, 0) is 0 Å². The van der Waals surface area contributed by atoms with E-state index in [1.807, 2.05) is 35.7 Å². The molecule has 6 heteroatoms. The lowest BCUT2D eigenvalue weighted by Crippen LogP contribution is -2.21. The van der Waals surface area contributed by atoms with E-state index >= 15 is 0 Å². The van der Waals surface area contributed by atoms with E-state index in [-0.39, 0.29) is 0 Å². The monoisotopic (exact) mass is 295 g/mol. The fourth-order valence-electron chi connectivity index (χ4n) is 2.14. The van der Waals surface area contributed by atoms with Gasteiger partial charge in [0.15, 0.2) is 0 Å². The molecule has 0 amide bonds. The van der Waals surface area contributed by atoms with Crippen molar-refractivity contribution in [2.45, 2.75) is 0 Å². The minimum atomic E-state index is -0.426. The number of H-pyrrole nitrogens is 1. The maximum atomic E-state index is 11.9. The lowest BCUT2D eigenvalue weighted by atomic mass is 10.3. The lowest BCUT2D eigenvalue weighted by Gasteiger charge is -1.82. The molecule has 3 aromatic rings. The first-order valence-corrected chi connectivity index (χ1v) is 7.23. The smallest absolute Gasteiger partial charge is 0.361 e. The topological polar surface area (TPSA) is 71.2 Å². The SMILES string of the molecule is O=c1o/c(=C2\C=c3ccccc3=N2)[nH]c1=Cc1cscn1. The van der Waals surface area contributed by atoms with E-state index in [0.29, 0.717) is 16.6 Å². The van der Waals surface area contributed by atoms with Gasteiger partial charge in [-0.15, -0.1) is 11.3 Å². The number of fused-ring (bicyclic) bond motifs is 1. The van der Waals surface area contributed by atoms with Crippen LogP contribution in [0.25, 0.3) is 17.8 Å². The second kappa shape index (κ2) is 4.68. The van der Waals surface area contributed by atoms with Crippen LogP contribution in [0.5, 0.6) is 0 Å². The molecular weight excluding hydrogens is 286 g/mol. The molecule has 0 fully saturated rings. The van der Waals surface area contributed by atoms with E-state index < -0.39 is 5.63 Å². The van der Waals surface area contributed by atoms with E-state index in [9.17, 15) is 4.79 Å². The number of nitrogens with one attached hydrogen (secondary N) is 1. The quantitative estimate of drug-likeness (QED) is 0.656. The summed E-state index contributed by atoms with van der Waals surface area (Å²) in [5.74, 6) is 0. The fourth-order valence-corrected chi connectivity index (χ4v) is 2.65. The number of para-hydroxylation sites is 1. The summed E-state index contributed by atoms with van der Waals surface area (Å²) in [6.07, 6.45) is 3.55. The van der Waals surface area contributed by atoms with E-state index in [2.05, 4.69) is 15.0 Å². The van der Waals surface area contributed by atoms with Crippen molar-refractivity contribution >= 4 is 29.2 Å². The molecule has 1 aromatic carbocycles. The van der Waals surface area contributed by atoms with Crippen molar-refractivity contribution < 1.29 is 4.42 Å². The maximum Gasteiger partial charge on any atom is 0.361 e. The van der Waals surface area contributed by atoms with Crippen LogP contribution in [0, 0.1) is 0 Å². The van der Waals surface area contributed by atoms with Gasteiger partial charge < -0.3 is 9.40 Å². The largest absolute Gasteiger partial charge is 0.402 e. The zero-order chi connectivity index (χ0) is 14.2. The van der Waals surface area contributed by atoms with Crippen LogP contribution in [0.3, 0.4) is 0 Å². The summed E-state index contributed by atoms with van der Waals surface area (Å²) in [7, 11) is 0. The van der Waals surface area contributed by atoms with E-state index in [0.717, 1.165) is 16.3 Å². The number of hydrogen-bond donors (Lipinski definition) is 1. The first-order valence-electron chi connectivity index (χ1n) is 6.28. The number of benzene rings is 1. The van der Waals surface area contributed by atoms with Crippen LogP contribution in [0.1, 0.15) is 5.69 Å². The number of oxazole rings is 1. The normalized spacial score (nSPS) is 16.5. The highest BCUT2D eigenvalue weighted by Crippen LogP contribution is 2.00. The number of nitrogens with zero attached hydrogens (tertiary/aromatic N) is 2. The minimum absolute atomic E-state index is 0.359. The van der Waals surface area contributed by atoms with E-state index in [1.54, 1.807) is 11.6 Å². The van der Waals surface area contributed by atoms with Crippen molar-refractivity contribution in [3.05, 3.63) is 72.7 Å². The number of thiazole rings is 1. The Morgan fingerprint density at radius 1 is 1.29 bits per heavy atom. The lowest BCUT2D eigenvalue weighted by molar-refractivity contribution is 0.484. The fraction of sp³-hybridized carbons (Fsp3) is 0. The second-order valence-electron chi connectivity index (χ2n) is 4.52. The second-order valence-corrected chi connectivity index (χ2v) is 5.23. The van der Waals surface area contributed by atoms with Crippen molar-refractivity contribution in [2.75, 3.05) is 0 Å². The Morgan fingerprint density at radius 3 is 3.00 bits per heavy atom. The third-order valence-electron chi connectivity index (χ3n) is 3.11. The third kappa shape index (κ3) is 2.15. The highest BCUT2D eigenvalue weighted by atomic mass is 32.1. The molecule has 21 heavy (non-hydrogen) atoms. The zero-order valence-corrected chi connectivity index (χ0v) is 11.6. The van der Waals surface area contributed by atoms with Crippen LogP contribution in [-0.4, -0.2) is 9.97 Å². The molecule has 0 spiro atoms. The number of rotatable bonds is 1. The predicted molar refractivity (Wildman–Crippen MR) is 79.4 cm³/mol. The van der Waals surface area contributed by atoms with Crippen LogP contribution < -0.4 is 27.1 Å². The number of aromatic amines is 1. The van der Waals surface area contributed by atoms with Crippen LogP contribution in [0.15, 0.2) is 49.4 Å². The number of aromatic nitrogens is 2. The van der Waals surface area contributed by atoms with Crippen molar-refractivity contribution in [1.82, 2.24) is 9.97 Å². The standard InChI is InChI=1S/C15H9N3O2S/c19-15-13(6-10-7-21-8-16-10)18-14(20-15)12-5-9-3-1-2-4-11(9)17-12/h1-8,18H/b13-6?,14-12+. The van der Waals surface area contributed by atoms with Crippen LogP contribution >= 0.6 is 11.3 Å². The van der Waals surface area contributed by atoms with Gasteiger partial charge in [0.05, 0.1) is 16.6 Å². The van der Waals surface area contributed by atoms with Gasteiger partial charge in [-0.25, -0.2) is 14.8 Å². The maximum absolute atomic E-state index is 11.9. The highest BCUT2D eigenvalue weighted by molar-refractivity contribution is 7.07. The Hall–Kier alpha value is -2.73. The molecule has 0 unspecified atom stereocenters. The van der Waals surface area contributed by atoms with Gasteiger partial charge in [0, 0.05) is 10.6 Å². The zero-order valence-electron chi connectivity index (χ0n) is 10.7. The molecule has 5 nitrogen and oxygen atoms in total. The van der Waals surface area contributed by atoms with Crippen molar-refractivity contribution in [2.24, 2.45) is 4.99 Å². The van der Waals surface area contributed by atoms with Gasteiger partial charge in [0.1, 0.15) is 11.0 Å². The molecule has 3 heterocycles. The summed E-state index contributed by atoms with van der Waals surface area (Å²) in [6.45, 7) is 0. The first kappa shape index (κ1) is 12.0. The molecule has 2 aromatic heterocycles. The Labute approximate surface area is 121 Å². The molecule has 4 rings (SSSR count). The van der Waals surface area contributed by atoms with Gasteiger partial charge in [0.25, 0.3) is 0 Å².